The summed E-state index contributed by atoms with van der Waals surface area (Å²) in [6, 6.07) is 17.1. The number of nitrogens with two attached hydrogens (primary N) is 1. The third-order valence-electron chi connectivity index (χ3n) is 2.56. The Morgan fingerprint density at radius 3 is 2.60 bits per heavy atom. The molecular weight excluding hydrogens is 270 g/mol. The van der Waals surface area contributed by atoms with Gasteiger partial charge in [0.15, 0.2) is 0 Å². The van der Waals surface area contributed by atoms with E-state index in [1.807, 2.05) is 36.4 Å². The van der Waals surface area contributed by atoms with Crippen molar-refractivity contribution in [2.75, 3.05) is 0 Å². The maximum Gasteiger partial charge on any atom is 0.226 e. The fraction of sp³-hybridized carbons (Fsp3) is 0.0667. The quantitative estimate of drug-likeness (QED) is 0.447. The highest BCUT2D eigenvalue weighted by Crippen LogP contribution is 2.12. The smallest absolute Gasteiger partial charge is 0.226 e. The molecule has 0 saturated carbocycles. The van der Waals surface area contributed by atoms with Crippen molar-refractivity contribution in [1.82, 2.24) is 0 Å². The first kappa shape index (κ1) is 14.1. The summed E-state index contributed by atoms with van der Waals surface area (Å²) >= 11 is 1.45. The molecule has 0 atom stereocenters. The molecular formula is C15H16N3OS+. The second-order valence-electron chi connectivity index (χ2n) is 4.06. The van der Waals surface area contributed by atoms with Gasteiger partial charge < -0.3 is 10.8 Å². The Morgan fingerprint density at radius 2 is 1.85 bits per heavy atom. The third kappa shape index (κ3) is 4.44. The molecule has 0 aliphatic heterocycles. The summed E-state index contributed by atoms with van der Waals surface area (Å²) in [6.07, 6.45) is 1.60. The maximum absolute atomic E-state index is 9.57. The first-order chi connectivity index (χ1) is 9.75. The van der Waals surface area contributed by atoms with Crippen LogP contribution in [0.4, 0.5) is 0 Å². The third-order valence-corrected chi connectivity index (χ3v) is 3.43. The minimum atomic E-state index is 0.200. The molecule has 0 fully saturated rings. The highest BCUT2D eigenvalue weighted by atomic mass is 32.2. The van der Waals surface area contributed by atoms with Crippen LogP contribution in [0.15, 0.2) is 59.7 Å². The molecule has 0 saturated heterocycles. The van der Waals surface area contributed by atoms with E-state index in [4.69, 9.17) is 5.73 Å². The highest BCUT2D eigenvalue weighted by Gasteiger charge is 2.00. The van der Waals surface area contributed by atoms with Crippen LogP contribution in [0.25, 0.3) is 0 Å². The summed E-state index contributed by atoms with van der Waals surface area (Å²) in [6.45, 7) is 0. The minimum absolute atomic E-state index is 0.200. The molecule has 102 valence electrons. The van der Waals surface area contributed by atoms with E-state index in [9.17, 15) is 5.11 Å². The number of benzene rings is 2. The van der Waals surface area contributed by atoms with Gasteiger partial charge in [0.2, 0.25) is 11.4 Å². The SMILES string of the molecule is NC(=N[NH+]=Cc1ccccc1O)SCc1ccccc1. The van der Waals surface area contributed by atoms with Crippen molar-refractivity contribution in [3.8, 4) is 5.75 Å². The molecule has 5 heteroatoms. The van der Waals surface area contributed by atoms with Crippen molar-refractivity contribution in [3.05, 3.63) is 65.7 Å². The zero-order chi connectivity index (χ0) is 14.2. The van der Waals surface area contributed by atoms with E-state index in [0.29, 0.717) is 10.7 Å². The van der Waals surface area contributed by atoms with Gasteiger partial charge in [0.25, 0.3) is 0 Å². The highest BCUT2D eigenvalue weighted by molar-refractivity contribution is 8.13. The topological polar surface area (TPSA) is 72.6 Å². The summed E-state index contributed by atoms with van der Waals surface area (Å²) in [4.78, 5) is 0. The van der Waals surface area contributed by atoms with Gasteiger partial charge in [0, 0.05) is 10.9 Å². The van der Waals surface area contributed by atoms with E-state index in [0.717, 1.165) is 5.75 Å². The molecule has 0 amide bonds. The van der Waals surface area contributed by atoms with Crippen LogP contribution in [0, 0.1) is 0 Å². The molecule has 0 radical (unpaired) electrons. The van der Waals surface area contributed by atoms with Crippen LogP contribution in [0.3, 0.4) is 0 Å². The number of hydrogen-bond acceptors (Lipinski definition) is 3. The lowest BCUT2D eigenvalue weighted by atomic mass is 10.2. The molecule has 4 N–H and O–H groups in total. The zero-order valence-corrected chi connectivity index (χ0v) is 11.7. The molecule has 2 aromatic rings. The molecule has 0 spiro atoms. The summed E-state index contributed by atoms with van der Waals surface area (Å²) < 4.78 is 0. The number of rotatable bonds is 4. The Balaban J connectivity index is 1.89. The van der Waals surface area contributed by atoms with Crippen LogP contribution in [-0.4, -0.2) is 16.5 Å². The van der Waals surface area contributed by atoms with E-state index >= 15 is 0 Å². The average molecular weight is 286 g/mol. The summed E-state index contributed by atoms with van der Waals surface area (Å²) in [5.74, 6) is 0.972. The Kier molecular flexibility index (Phi) is 5.20. The molecule has 4 nitrogen and oxygen atoms in total. The van der Waals surface area contributed by atoms with Gasteiger partial charge in [-0.3, -0.25) is 0 Å². The van der Waals surface area contributed by atoms with E-state index in [2.05, 4.69) is 10.2 Å². The number of phenols is 1. The van der Waals surface area contributed by atoms with Crippen LogP contribution in [0.5, 0.6) is 5.75 Å². The van der Waals surface area contributed by atoms with Gasteiger partial charge in [0.05, 0.1) is 5.56 Å². The van der Waals surface area contributed by atoms with Crippen LogP contribution in [0.1, 0.15) is 11.1 Å². The Bertz CT molecular complexity index is 612. The van der Waals surface area contributed by atoms with Crippen molar-refractivity contribution in [2.45, 2.75) is 5.75 Å². The van der Waals surface area contributed by atoms with Crippen LogP contribution < -0.4 is 10.8 Å². The van der Waals surface area contributed by atoms with Gasteiger partial charge in [-0.15, -0.1) is 5.10 Å². The number of hydrogen-bond donors (Lipinski definition) is 3. The number of nitrogens with one attached hydrogen (secondary N) is 1. The lowest BCUT2D eigenvalue weighted by molar-refractivity contribution is -0.456. The van der Waals surface area contributed by atoms with Crippen LogP contribution >= 0.6 is 11.8 Å². The van der Waals surface area contributed by atoms with E-state index in [1.54, 1.807) is 24.4 Å². The van der Waals surface area contributed by atoms with Crippen LogP contribution in [-0.2, 0) is 5.75 Å². The number of aromatic hydroxyl groups is 1. The number of phenolic OH excluding ortho intramolecular Hbond substituents is 1. The molecule has 20 heavy (non-hydrogen) atoms. The Hall–Kier alpha value is -2.27. The summed E-state index contributed by atoms with van der Waals surface area (Å²) in [5, 5.41) is 16.8. The fourth-order valence-corrected chi connectivity index (χ4v) is 2.16. The molecule has 0 heterocycles. The largest absolute Gasteiger partial charge is 0.507 e. The number of hydrazone groups is 1. The number of nitrogens with zero attached hydrogens (tertiary/aromatic N) is 1. The normalized spacial score (nSPS) is 11.9. The van der Waals surface area contributed by atoms with Crippen molar-refractivity contribution < 1.29 is 10.2 Å². The van der Waals surface area contributed by atoms with E-state index in [1.165, 1.54) is 17.3 Å². The van der Waals surface area contributed by atoms with Crippen molar-refractivity contribution in [3.63, 3.8) is 0 Å². The van der Waals surface area contributed by atoms with Gasteiger partial charge >= 0.3 is 0 Å². The standard InChI is InChI=1S/C15H15N3OS/c16-15(20-11-12-6-2-1-3-7-12)18-17-10-13-8-4-5-9-14(13)19/h1-10,19H,11H2,(H2,16,18)/p+1. The Morgan fingerprint density at radius 1 is 1.15 bits per heavy atom. The summed E-state index contributed by atoms with van der Waals surface area (Å²) in [5.41, 5.74) is 7.65. The fourth-order valence-electron chi connectivity index (χ4n) is 1.54. The number of para-hydroxylation sites is 1. The lowest BCUT2D eigenvalue weighted by Crippen LogP contribution is -2.62. The van der Waals surface area contributed by atoms with Gasteiger partial charge in [-0.2, -0.15) is 0 Å². The van der Waals surface area contributed by atoms with Crippen molar-refractivity contribution in [2.24, 2.45) is 10.8 Å². The molecule has 0 unspecified atom stereocenters. The summed E-state index contributed by atoms with van der Waals surface area (Å²) in [7, 11) is 0. The zero-order valence-electron chi connectivity index (χ0n) is 10.9. The monoisotopic (exact) mass is 286 g/mol. The van der Waals surface area contributed by atoms with Gasteiger partial charge in [-0.05, 0) is 17.7 Å². The van der Waals surface area contributed by atoms with Crippen molar-refractivity contribution >= 4 is 23.1 Å². The van der Waals surface area contributed by atoms with Gasteiger partial charge in [0.1, 0.15) is 5.75 Å². The van der Waals surface area contributed by atoms with Crippen LogP contribution in [0.2, 0.25) is 0 Å². The maximum atomic E-state index is 9.57. The molecule has 2 rings (SSSR count). The number of thioether (sulfide) groups is 1. The van der Waals surface area contributed by atoms with E-state index in [-0.39, 0.29) is 5.75 Å². The molecule has 2 aromatic carbocycles. The van der Waals surface area contributed by atoms with Gasteiger partial charge in [-0.1, -0.05) is 54.2 Å². The predicted molar refractivity (Wildman–Crippen MR) is 83.6 cm³/mol. The first-order valence-corrected chi connectivity index (χ1v) is 7.11. The van der Waals surface area contributed by atoms with E-state index < -0.39 is 0 Å². The lowest BCUT2D eigenvalue weighted by Gasteiger charge is -1.97. The number of amidine groups is 1. The molecule has 0 aromatic heterocycles. The second kappa shape index (κ2) is 7.35. The Labute approximate surface area is 122 Å². The molecule has 0 aliphatic carbocycles. The minimum Gasteiger partial charge on any atom is -0.507 e. The first-order valence-electron chi connectivity index (χ1n) is 6.12. The predicted octanol–water partition coefficient (Wildman–Crippen LogP) is 1.05. The second-order valence-corrected chi connectivity index (χ2v) is 5.05. The van der Waals surface area contributed by atoms with Crippen molar-refractivity contribution in [1.29, 1.82) is 0 Å². The molecule has 0 bridgehead atoms. The van der Waals surface area contributed by atoms with Gasteiger partial charge in [-0.25, -0.2) is 0 Å². The molecule has 0 aliphatic rings. The average Bonchev–Trinajstić information content (AvgIpc) is 2.48.